The number of aryl methyl sites for hydroxylation is 1. The van der Waals surface area contributed by atoms with Gasteiger partial charge in [-0.3, -0.25) is 9.78 Å². The van der Waals surface area contributed by atoms with Crippen LogP contribution in [-0.4, -0.2) is 15.9 Å². The third-order valence-electron chi connectivity index (χ3n) is 3.26. The molecule has 0 saturated carbocycles. The molecule has 1 aromatic carbocycles. The number of carbonyl (C=O) groups is 1. The Morgan fingerprint density at radius 2 is 2.09 bits per heavy atom. The first-order chi connectivity index (χ1) is 10.7. The summed E-state index contributed by atoms with van der Waals surface area (Å²) in [6.45, 7) is 0. The molecule has 0 radical (unpaired) electrons. The van der Waals surface area contributed by atoms with Crippen LogP contribution in [0.15, 0.2) is 63.9 Å². The molecule has 0 aliphatic rings. The minimum atomic E-state index is 0.0495. The van der Waals surface area contributed by atoms with Crippen molar-refractivity contribution in [3.05, 3.63) is 70.7 Å². The largest absolute Gasteiger partial charge is 0.361 e. The Hall–Kier alpha value is -2.27. The van der Waals surface area contributed by atoms with Crippen LogP contribution in [0.5, 0.6) is 0 Å². The highest BCUT2D eigenvalue weighted by atomic mass is 79.9. The van der Waals surface area contributed by atoms with Crippen molar-refractivity contribution in [3.8, 4) is 11.3 Å². The number of halogens is 1. The first-order valence-corrected chi connectivity index (χ1v) is 7.66. The van der Waals surface area contributed by atoms with E-state index in [1.165, 1.54) is 0 Å². The average Bonchev–Trinajstić information content (AvgIpc) is 3.02. The minimum Gasteiger partial charge on any atom is -0.361 e. The fraction of sp³-hybridized carbons (Fsp3) is 0.118. The highest BCUT2D eigenvalue weighted by Crippen LogP contribution is 2.23. The van der Waals surface area contributed by atoms with Crippen molar-refractivity contribution in [2.75, 3.05) is 0 Å². The van der Waals surface area contributed by atoms with Gasteiger partial charge in [0.25, 0.3) is 0 Å². The molecule has 2 heterocycles. The Balaban J connectivity index is 1.66. The number of aromatic nitrogens is 2. The molecule has 0 amide bonds. The molecule has 4 nitrogen and oxygen atoms in total. The van der Waals surface area contributed by atoms with Gasteiger partial charge < -0.3 is 4.52 Å². The van der Waals surface area contributed by atoms with Gasteiger partial charge in [0.15, 0.2) is 5.78 Å². The Bertz CT molecular complexity index is 784. The number of benzene rings is 1. The standard InChI is InChI=1S/C17H13BrN2O2/c18-14-5-1-3-12(9-14)16-10-15(22-20-16)6-7-17(21)13-4-2-8-19-11-13/h1-5,8-11H,6-7H2. The van der Waals surface area contributed by atoms with E-state index in [4.69, 9.17) is 4.52 Å². The van der Waals surface area contributed by atoms with E-state index in [0.29, 0.717) is 24.2 Å². The fourth-order valence-corrected chi connectivity index (χ4v) is 2.52. The normalized spacial score (nSPS) is 10.6. The van der Waals surface area contributed by atoms with Crippen LogP contribution in [0.25, 0.3) is 11.3 Å². The van der Waals surface area contributed by atoms with Gasteiger partial charge in [-0.05, 0) is 24.3 Å². The van der Waals surface area contributed by atoms with Crippen LogP contribution in [-0.2, 0) is 6.42 Å². The molecule has 0 aliphatic heterocycles. The van der Waals surface area contributed by atoms with Crippen LogP contribution in [0.4, 0.5) is 0 Å². The van der Waals surface area contributed by atoms with Crippen molar-refractivity contribution in [1.82, 2.24) is 10.1 Å². The molecule has 3 rings (SSSR count). The lowest BCUT2D eigenvalue weighted by Gasteiger charge is -1.97. The van der Waals surface area contributed by atoms with Crippen molar-refractivity contribution < 1.29 is 9.32 Å². The molecular formula is C17H13BrN2O2. The summed E-state index contributed by atoms with van der Waals surface area (Å²) in [7, 11) is 0. The third-order valence-corrected chi connectivity index (χ3v) is 3.75. The van der Waals surface area contributed by atoms with Crippen LogP contribution in [0.1, 0.15) is 22.5 Å². The second kappa shape index (κ2) is 6.66. The van der Waals surface area contributed by atoms with E-state index in [2.05, 4.69) is 26.1 Å². The van der Waals surface area contributed by atoms with E-state index in [-0.39, 0.29) is 5.78 Å². The highest BCUT2D eigenvalue weighted by molar-refractivity contribution is 9.10. The van der Waals surface area contributed by atoms with Crippen molar-refractivity contribution in [3.63, 3.8) is 0 Å². The van der Waals surface area contributed by atoms with E-state index < -0.39 is 0 Å². The van der Waals surface area contributed by atoms with E-state index in [1.807, 2.05) is 30.3 Å². The predicted molar refractivity (Wildman–Crippen MR) is 86.5 cm³/mol. The molecular weight excluding hydrogens is 344 g/mol. The molecule has 0 atom stereocenters. The highest BCUT2D eigenvalue weighted by Gasteiger charge is 2.10. The topological polar surface area (TPSA) is 56.0 Å². The quantitative estimate of drug-likeness (QED) is 0.639. The van der Waals surface area contributed by atoms with Gasteiger partial charge in [0, 0.05) is 46.9 Å². The number of Topliss-reactive ketones (excluding diaryl/α,β-unsaturated/α-hetero) is 1. The summed E-state index contributed by atoms with van der Waals surface area (Å²) in [5, 5.41) is 4.06. The summed E-state index contributed by atoms with van der Waals surface area (Å²) >= 11 is 3.43. The molecule has 0 aliphatic carbocycles. The summed E-state index contributed by atoms with van der Waals surface area (Å²) < 4.78 is 6.30. The molecule has 0 fully saturated rings. The smallest absolute Gasteiger partial charge is 0.164 e. The number of nitrogens with zero attached hydrogens (tertiary/aromatic N) is 2. The zero-order valence-electron chi connectivity index (χ0n) is 11.7. The van der Waals surface area contributed by atoms with Gasteiger partial charge in [-0.15, -0.1) is 0 Å². The van der Waals surface area contributed by atoms with Gasteiger partial charge in [-0.1, -0.05) is 33.2 Å². The second-order valence-electron chi connectivity index (χ2n) is 4.85. The van der Waals surface area contributed by atoms with E-state index >= 15 is 0 Å². The second-order valence-corrected chi connectivity index (χ2v) is 5.77. The SMILES string of the molecule is O=C(CCc1cc(-c2cccc(Br)c2)no1)c1cccnc1. The Morgan fingerprint density at radius 3 is 2.86 bits per heavy atom. The van der Waals surface area contributed by atoms with Gasteiger partial charge in [0.05, 0.1) is 0 Å². The van der Waals surface area contributed by atoms with Crippen LogP contribution in [0.2, 0.25) is 0 Å². The first-order valence-electron chi connectivity index (χ1n) is 6.87. The van der Waals surface area contributed by atoms with E-state index in [0.717, 1.165) is 15.7 Å². The molecule has 2 aromatic heterocycles. The maximum Gasteiger partial charge on any atom is 0.164 e. The van der Waals surface area contributed by atoms with Crippen LogP contribution >= 0.6 is 15.9 Å². The van der Waals surface area contributed by atoms with E-state index in [1.54, 1.807) is 24.5 Å². The summed E-state index contributed by atoms with van der Waals surface area (Å²) in [5.41, 5.74) is 2.36. The lowest BCUT2D eigenvalue weighted by molar-refractivity contribution is 0.0980. The molecule has 5 heteroatoms. The van der Waals surface area contributed by atoms with Crippen LogP contribution in [0.3, 0.4) is 0 Å². The molecule has 22 heavy (non-hydrogen) atoms. The molecule has 3 aromatic rings. The number of carbonyl (C=O) groups excluding carboxylic acids is 1. The Morgan fingerprint density at radius 1 is 1.18 bits per heavy atom. The summed E-state index contributed by atoms with van der Waals surface area (Å²) in [5.74, 6) is 0.751. The van der Waals surface area contributed by atoms with Gasteiger partial charge in [-0.25, -0.2) is 0 Å². The zero-order valence-corrected chi connectivity index (χ0v) is 13.3. The monoisotopic (exact) mass is 356 g/mol. The minimum absolute atomic E-state index is 0.0495. The maximum absolute atomic E-state index is 12.0. The van der Waals surface area contributed by atoms with Crippen LogP contribution < -0.4 is 0 Å². The molecule has 0 saturated heterocycles. The maximum atomic E-state index is 12.0. The van der Waals surface area contributed by atoms with Crippen molar-refractivity contribution in [2.45, 2.75) is 12.8 Å². The van der Waals surface area contributed by atoms with E-state index in [9.17, 15) is 4.79 Å². The lowest BCUT2D eigenvalue weighted by atomic mass is 10.1. The summed E-state index contributed by atoms with van der Waals surface area (Å²) in [4.78, 5) is 16.0. The number of rotatable bonds is 5. The molecule has 0 bridgehead atoms. The predicted octanol–water partition coefficient (Wildman–Crippen LogP) is 4.31. The molecule has 0 unspecified atom stereocenters. The van der Waals surface area contributed by atoms with Gasteiger partial charge in [0.1, 0.15) is 11.5 Å². The zero-order chi connectivity index (χ0) is 15.4. The molecule has 0 N–H and O–H groups in total. The number of ketones is 1. The Labute approximate surface area is 136 Å². The van der Waals surface area contributed by atoms with Crippen molar-refractivity contribution in [1.29, 1.82) is 0 Å². The summed E-state index contributed by atoms with van der Waals surface area (Å²) in [6, 6.07) is 13.2. The van der Waals surface area contributed by atoms with Gasteiger partial charge in [0.2, 0.25) is 0 Å². The molecule has 0 spiro atoms. The first kappa shape index (κ1) is 14.7. The van der Waals surface area contributed by atoms with Crippen molar-refractivity contribution in [2.24, 2.45) is 0 Å². The summed E-state index contributed by atoms with van der Waals surface area (Å²) in [6.07, 6.45) is 4.13. The van der Waals surface area contributed by atoms with Gasteiger partial charge >= 0.3 is 0 Å². The van der Waals surface area contributed by atoms with Crippen molar-refractivity contribution >= 4 is 21.7 Å². The van der Waals surface area contributed by atoms with Gasteiger partial charge in [-0.2, -0.15) is 0 Å². The number of pyridine rings is 1. The Kier molecular flexibility index (Phi) is 4.44. The number of hydrogen-bond acceptors (Lipinski definition) is 4. The average molecular weight is 357 g/mol. The fourth-order valence-electron chi connectivity index (χ4n) is 2.12. The lowest BCUT2D eigenvalue weighted by Crippen LogP contribution is -2.00. The molecule has 110 valence electrons. The van der Waals surface area contributed by atoms with Crippen LogP contribution in [0, 0.1) is 0 Å². The number of hydrogen-bond donors (Lipinski definition) is 0. The third kappa shape index (κ3) is 3.49.